The number of amides is 1. The first-order chi connectivity index (χ1) is 15.8. The van der Waals surface area contributed by atoms with Crippen LogP contribution in [0.25, 0.3) is 22.5 Å². The number of pyridine rings is 3. The highest BCUT2D eigenvalue weighted by Gasteiger charge is 2.20. The highest BCUT2D eigenvalue weighted by molar-refractivity contribution is 5.97. The SMILES string of the molecule is Cc1ccc(-c2cc(C(=O)N[C@H](C)c3ccc(F)c[n+]3[O-])cc(-c3ncccc3F)c2)nc1. The van der Waals surface area contributed by atoms with Crippen LogP contribution >= 0.6 is 0 Å². The van der Waals surface area contributed by atoms with Crippen LogP contribution in [0.3, 0.4) is 0 Å². The number of rotatable bonds is 5. The van der Waals surface area contributed by atoms with Crippen molar-refractivity contribution in [3.8, 4) is 22.5 Å². The number of carbonyl (C=O) groups excluding carboxylic acids is 1. The van der Waals surface area contributed by atoms with Gasteiger partial charge in [-0.15, -0.1) is 0 Å². The van der Waals surface area contributed by atoms with Gasteiger partial charge in [0.05, 0.1) is 5.69 Å². The lowest BCUT2D eigenvalue weighted by atomic mass is 9.99. The van der Waals surface area contributed by atoms with Gasteiger partial charge in [-0.3, -0.25) is 14.8 Å². The molecule has 0 spiro atoms. The van der Waals surface area contributed by atoms with Gasteiger partial charge >= 0.3 is 0 Å². The number of halogens is 2. The van der Waals surface area contributed by atoms with Crippen molar-refractivity contribution in [1.29, 1.82) is 0 Å². The molecule has 33 heavy (non-hydrogen) atoms. The molecule has 0 radical (unpaired) electrons. The summed E-state index contributed by atoms with van der Waals surface area (Å²) in [7, 11) is 0. The highest BCUT2D eigenvalue weighted by Crippen LogP contribution is 2.28. The Labute approximate surface area is 189 Å². The van der Waals surface area contributed by atoms with E-state index in [0.717, 1.165) is 17.8 Å². The first-order valence-corrected chi connectivity index (χ1v) is 10.2. The van der Waals surface area contributed by atoms with Crippen LogP contribution in [0.4, 0.5) is 8.78 Å². The summed E-state index contributed by atoms with van der Waals surface area (Å²) in [5.74, 6) is -1.68. The zero-order valence-corrected chi connectivity index (χ0v) is 17.9. The summed E-state index contributed by atoms with van der Waals surface area (Å²) in [5, 5.41) is 14.7. The van der Waals surface area contributed by atoms with Gasteiger partial charge in [0, 0.05) is 35.2 Å². The Morgan fingerprint density at radius 2 is 1.85 bits per heavy atom. The van der Waals surface area contributed by atoms with Gasteiger partial charge in [0.2, 0.25) is 11.9 Å². The lowest BCUT2D eigenvalue weighted by molar-refractivity contribution is -0.617. The van der Waals surface area contributed by atoms with Gasteiger partial charge in [0.15, 0.2) is 5.82 Å². The van der Waals surface area contributed by atoms with Crippen molar-refractivity contribution in [3.63, 3.8) is 0 Å². The van der Waals surface area contributed by atoms with Crippen LogP contribution in [-0.2, 0) is 0 Å². The van der Waals surface area contributed by atoms with Crippen molar-refractivity contribution in [2.24, 2.45) is 0 Å². The molecule has 3 aromatic heterocycles. The Hall–Kier alpha value is -4.20. The first-order valence-electron chi connectivity index (χ1n) is 10.2. The molecule has 0 aliphatic heterocycles. The summed E-state index contributed by atoms with van der Waals surface area (Å²) in [5.41, 5.74) is 3.12. The molecular weight excluding hydrogens is 426 g/mol. The Kier molecular flexibility index (Phi) is 6.08. The van der Waals surface area contributed by atoms with E-state index < -0.39 is 23.6 Å². The van der Waals surface area contributed by atoms with E-state index in [-0.39, 0.29) is 17.0 Å². The minimum Gasteiger partial charge on any atom is -0.618 e. The predicted molar refractivity (Wildman–Crippen MR) is 119 cm³/mol. The Morgan fingerprint density at radius 1 is 1.06 bits per heavy atom. The van der Waals surface area contributed by atoms with E-state index in [9.17, 15) is 18.8 Å². The first kappa shape index (κ1) is 22.0. The fourth-order valence-corrected chi connectivity index (χ4v) is 3.44. The smallest absolute Gasteiger partial charge is 0.252 e. The summed E-state index contributed by atoms with van der Waals surface area (Å²) in [4.78, 5) is 21.6. The van der Waals surface area contributed by atoms with Gasteiger partial charge in [-0.05, 0) is 61.9 Å². The molecule has 4 aromatic rings. The van der Waals surface area contributed by atoms with E-state index >= 15 is 0 Å². The summed E-state index contributed by atoms with van der Waals surface area (Å²) in [6, 6.07) is 13.1. The molecule has 1 amide bonds. The quantitative estimate of drug-likeness (QED) is 0.361. The monoisotopic (exact) mass is 446 g/mol. The van der Waals surface area contributed by atoms with Gasteiger partial charge in [-0.2, -0.15) is 4.73 Å². The van der Waals surface area contributed by atoms with Crippen molar-refractivity contribution < 1.29 is 18.3 Å². The standard InChI is InChI=1S/C25H20F2N4O2/c1-15-5-7-22(29-13-15)17-10-18(24-21(27)4-3-9-28-24)12-19(11-17)25(32)30-16(2)23-8-6-20(26)14-31(23)33/h3-14,16H,1-2H3,(H,30,32)/t16-/m1/s1. The van der Waals surface area contributed by atoms with Gasteiger partial charge in [-0.1, -0.05) is 6.07 Å². The van der Waals surface area contributed by atoms with Crippen LogP contribution in [0.15, 0.2) is 73.2 Å². The second kappa shape index (κ2) is 9.12. The molecule has 166 valence electrons. The number of hydrogen-bond acceptors (Lipinski definition) is 4. The Balaban J connectivity index is 1.74. The molecule has 6 nitrogen and oxygen atoms in total. The summed E-state index contributed by atoms with van der Waals surface area (Å²) in [6.45, 7) is 3.53. The Bertz CT molecular complexity index is 1330. The van der Waals surface area contributed by atoms with Gasteiger partial charge in [-0.25, -0.2) is 8.78 Å². The maximum Gasteiger partial charge on any atom is 0.252 e. The lowest BCUT2D eigenvalue weighted by Gasteiger charge is -2.15. The fraction of sp³-hybridized carbons (Fsp3) is 0.120. The molecule has 3 heterocycles. The number of carbonyl (C=O) groups is 1. The normalized spacial score (nSPS) is 11.8. The van der Waals surface area contributed by atoms with E-state index in [1.807, 2.05) is 19.1 Å². The van der Waals surface area contributed by atoms with Crippen LogP contribution in [0.5, 0.6) is 0 Å². The maximum atomic E-state index is 14.5. The largest absolute Gasteiger partial charge is 0.618 e. The van der Waals surface area contributed by atoms with Crippen molar-refractivity contribution in [3.05, 3.63) is 107 Å². The second-order valence-electron chi connectivity index (χ2n) is 7.65. The van der Waals surface area contributed by atoms with Gasteiger partial charge in [0.1, 0.15) is 17.6 Å². The van der Waals surface area contributed by atoms with Crippen LogP contribution in [0, 0.1) is 23.8 Å². The molecule has 4 rings (SSSR count). The summed E-state index contributed by atoms with van der Waals surface area (Å²) < 4.78 is 28.1. The Morgan fingerprint density at radius 3 is 2.55 bits per heavy atom. The number of aryl methyl sites for hydroxylation is 1. The van der Waals surface area contributed by atoms with Crippen LogP contribution in [0.2, 0.25) is 0 Å². The summed E-state index contributed by atoms with van der Waals surface area (Å²) in [6.07, 6.45) is 3.97. The molecule has 0 unspecified atom stereocenters. The minimum atomic E-state index is -0.702. The average molecular weight is 446 g/mol. The van der Waals surface area contributed by atoms with E-state index in [2.05, 4.69) is 15.3 Å². The van der Waals surface area contributed by atoms with Gasteiger partial charge in [0.25, 0.3) is 5.91 Å². The van der Waals surface area contributed by atoms with Crippen molar-refractivity contribution >= 4 is 5.91 Å². The number of aromatic nitrogens is 3. The molecule has 1 aromatic carbocycles. The van der Waals surface area contributed by atoms with Crippen molar-refractivity contribution in [2.75, 3.05) is 0 Å². The third kappa shape index (κ3) is 4.85. The highest BCUT2D eigenvalue weighted by atomic mass is 19.1. The molecule has 1 N–H and O–H groups in total. The van der Waals surface area contributed by atoms with E-state index in [4.69, 9.17) is 0 Å². The average Bonchev–Trinajstić information content (AvgIpc) is 2.79. The molecule has 0 fully saturated rings. The number of nitrogens with one attached hydrogen (secondary N) is 1. The van der Waals surface area contributed by atoms with Crippen LogP contribution in [-0.4, -0.2) is 15.9 Å². The van der Waals surface area contributed by atoms with E-state index in [1.54, 1.807) is 25.3 Å². The molecule has 0 aliphatic carbocycles. The minimum absolute atomic E-state index is 0.101. The van der Waals surface area contributed by atoms with E-state index in [0.29, 0.717) is 21.6 Å². The van der Waals surface area contributed by atoms with Crippen molar-refractivity contribution in [1.82, 2.24) is 15.3 Å². The van der Waals surface area contributed by atoms with E-state index in [1.165, 1.54) is 30.5 Å². The molecule has 8 heteroatoms. The molecule has 0 bridgehead atoms. The number of nitrogens with zero attached hydrogens (tertiary/aromatic N) is 3. The zero-order valence-electron chi connectivity index (χ0n) is 17.9. The lowest BCUT2D eigenvalue weighted by Crippen LogP contribution is -2.38. The number of benzene rings is 1. The molecule has 0 aliphatic rings. The third-order valence-electron chi connectivity index (χ3n) is 5.13. The summed E-state index contributed by atoms with van der Waals surface area (Å²) >= 11 is 0. The third-order valence-corrected chi connectivity index (χ3v) is 5.13. The predicted octanol–water partition coefficient (Wildman–Crippen LogP) is 4.52. The molecule has 0 saturated carbocycles. The molecule has 1 atom stereocenters. The second-order valence-corrected chi connectivity index (χ2v) is 7.65. The van der Waals surface area contributed by atoms with Crippen LogP contribution in [0.1, 0.15) is 34.6 Å². The zero-order chi connectivity index (χ0) is 23.5. The maximum absolute atomic E-state index is 14.5. The fourth-order valence-electron chi connectivity index (χ4n) is 3.44. The van der Waals surface area contributed by atoms with Crippen molar-refractivity contribution in [2.45, 2.75) is 19.9 Å². The number of hydrogen-bond donors (Lipinski definition) is 1. The molecule has 0 saturated heterocycles. The topological polar surface area (TPSA) is 81.8 Å². The van der Waals surface area contributed by atoms with Gasteiger partial charge < -0.3 is 10.5 Å². The molecular formula is C25H20F2N4O2. The van der Waals surface area contributed by atoms with Crippen LogP contribution < -0.4 is 10.0 Å².